The molecular formula is C16H11F3N2O3. The third-order valence-corrected chi connectivity index (χ3v) is 3.31. The van der Waals surface area contributed by atoms with Crippen molar-refractivity contribution in [3.8, 4) is 33.9 Å². The molecule has 1 aromatic heterocycles. The maximum atomic E-state index is 12.3. The smallest absolute Gasteiger partial charge is 0.504 e. The number of H-pyrrole nitrogens is 2. The number of aromatic nitrogens is 2. The first kappa shape index (κ1) is 15.7. The number of halogens is 3. The van der Waals surface area contributed by atoms with Gasteiger partial charge in [-0.3, -0.25) is 15.0 Å². The molecule has 0 saturated carbocycles. The SMILES string of the molecule is O=c1cc(-c2ccc(-c3ccc(O)c(OC(F)(F)F)c3)cc2)[nH][nH]1. The van der Waals surface area contributed by atoms with Gasteiger partial charge in [-0.2, -0.15) is 0 Å². The van der Waals surface area contributed by atoms with Crippen molar-refractivity contribution in [2.45, 2.75) is 6.36 Å². The molecule has 3 aromatic rings. The molecule has 124 valence electrons. The van der Waals surface area contributed by atoms with Crippen molar-refractivity contribution < 1.29 is 23.0 Å². The summed E-state index contributed by atoms with van der Waals surface area (Å²) in [4.78, 5) is 11.1. The van der Waals surface area contributed by atoms with Crippen LogP contribution in [0.3, 0.4) is 0 Å². The summed E-state index contributed by atoms with van der Waals surface area (Å²) in [6, 6.07) is 11.9. The summed E-state index contributed by atoms with van der Waals surface area (Å²) in [5, 5.41) is 14.6. The van der Waals surface area contributed by atoms with E-state index in [1.165, 1.54) is 12.1 Å². The fraction of sp³-hybridized carbons (Fsp3) is 0.0625. The van der Waals surface area contributed by atoms with Gasteiger partial charge >= 0.3 is 6.36 Å². The van der Waals surface area contributed by atoms with E-state index >= 15 is 0 Å². The molecule has 2 aromatic carbocycles. The van der Waals surface area contributed by atoms with Gasteiger partial charge in [0.2, 0.25) is 0 Å². The number of aromatic amines is 2. The van der Waals surface area contributed by atoms with Gasteiger partial charge in [-0.25, -0.2) is 0 Å². The van der Waals surface area contributed by atoms with Gasteiger partial charge in [0.15, 0.2) is 11.5 Å². The van der Waals surface area contributed by atoms with Crippen LogP contribution in [0.2, 0.25) is 0 Å². The van der Waals surface area contributed by atoms with Crippen LogP contribution in [0.15, 0.2) is 53.3 Å². The Labute approximate surface area is 133 Å². The van der Waals surface area contributed by atoms with Crippen LogP contribution in [0.5, 0.6) is 11.5 Å². The molecule has 8 heteroatoms. The van der Waals surface area contributed by atoms with Crippen LogP contribution in [-0.4, -0.2) is 21.7 Å². The summed E-state index contributed by atoms with van der Waals surface area (Å²) in [7, 11) is 0. The molecule has 0 saturated heterocycles. The fourth-order valence-corrected chi connectivity index (χ4v) is 2.23. The molecule has 0 unspecified atom stereocenters. The van der Waals surface area contributed by atoms with Gasteiger partial charge in [0.05, 0.1) is 5.69 Å². The minimum absolute atomic E-state index is 0.262. The lowest BCUT2D eigenvalue weighted by molar-refractivity contribution is -0.275. The lowest BCUT2D eigenvalue weighted by Gasteiger charge is -2.12. The van der Waals surface area contributed by atoms with Gasteiger partial charge in [-0.05, 0) is 28.8 Å². The second kappa shape index (κ2) is 5.80. The predicted octanol–water partition coefficient (Wildman–Crippen LogP) is 3.64. The van der Waals surface area contributed by atoms with Gasteiger partial charge in [-0.1, -0.05) is 30.3 Å². The van der Waals surface area contributed by atoms with Gasteiger partial charge in [0.1, 0.15) is 0 Å². The summed E-state index contributed by atoms with van der Waals surface area (Å²) in [6.45, 7) is 0. The molecule has 0 amide bonds. The first-order chi connectivity index (χ1) is 11.3. The van der Waals surface area contributed by atoms with Crippen molar-refractivity contribution in [3.63, 3.8) is 0 Å². The zero-order valence-corrected chi connectivity index (χ0v) is 12.0. The summed E-state index contributed by atoms with van der Waals surface area (Å²) in [5.74, 6) is -1.27. The number of rotatable bonds is 3. The second-order valence-corrected chi connectivity index (χ2v) is 4.98. The van der Waals surface area contributed by atoms with Crippen molar-refractivity contribution in [2.75, 3.05) is 0 Å². The highest BCUT2D eigenvalue weighted by molar-refractivity contribution is 5.70. The van der Waals surface area contributed by atoms with Crippen LogP contribution < -0.4 is 10.3 Å². The van der Waals surface area contributed by atoms with Crippen molar-refractivity contribution in [1.82, 2.24) is 10.2 Å². The van der Waals surface area contributed by atoms with Crippen LogP contribution in [0.4, 0.5) is 13.2 Å². The molecule has 0 aliphatic rings. The lowest BCUT2D eigenvalue weighted by Crippen LogP contribution is -2.17. The molecule has 5 nitrogen and oxygen atoms in total. The van der Waals surface area contributed by atoms with Crippen LogP contribution >= 0.6 is 0 Å². The molecule has 1 heterocycles. The van der Waals surface area contributed by atoms with Gasteiger partial charge in [0, 0.05) is 6.07 Å². The van der Waals surface area contributed by atoms with Gasteiger partial charge in [-0.15, -0.1) is 13.2 Å². The van der Waals surface area contributed by atoms with Crippen LogP contribution in [0, 0.1) is 0 Å². The third kappa shape index (κ3) is 3.43. The molecule has 0 aliphatic heterocycles. The van der Waals surface area contributed by atoms with E-state index < -0.39 is 17.9 Å². The first-order valence-electron chi connectivity index (χ1n) is 6.79. The summed E-state index contributed by atoms with van der Waals surface area (Å²) >= 11 is 0. The Morgan fingerprint density at radius 2 is 1.50 bits per heavy atom. The summed E-state index contributed by atoms with van der Waals surface area (Å²) in [5.41, 5.74) is 2.15. The average Bonchev–Trinajstić information content (AvgIpc) is 2.95. The Balaban J connectivity index is 1.91. The number of benzene rings is 2. The van der Waals surface area contributed by atoms with Crippen molar-refractivity contribution in [3.05, 3.63) is 58.9 Å². The number of hydrogen-bond acceptors (Lipinski definition) is 3. The van der Waals surface area contributed by atoms with E-state index in [1.807, 2.05) is 0 Å². The fourth-order valence-electron chi connectivity index (χ4n) is 2.23. The Morgan fingerprint density at radius 3 is 2.08 bits per heavy atom. The summed E-state index contributed by atoms with van der Waals surface area (Å²) in [6.07, 6.45) is -4.89. The van der Waals surface area contributed by atoms with Crippen molar-refractivity contribution in [1.29, 1.82) is 0 Å². The Bertz CT molecular complexity index is 911. The van der Waals surface area contributed by atoms with Crippen molar-refractivity contribution >= 4 is 0 Å². The molecule has 0 atom stereocenters. The highest BCUT2D eigenvalue weighted by Crippen LogP contribution is 2.35. The zero-order chi connectivity index (χ0) is 17.3. The van der Waals surface area contributed by atoms with E-state index in [4.69, 9.17) is 0 Å². The third-order valence-electron chi connectivity index (χ3n) is 3.31. The van der Waals surface area contributed by atoms with E-state index in [0.29, 0.717) is 16.8 Å². The van der Waals surface area contributed by atoms with Gasteiger partial charge in [0.25, 0.3) is 5.56 Å². The van der Waals surface area contributed by atoms with E-state index in [1.54, 1.807) is 24.3 Å². The van der Waals surface area contributed by atoms with Crippen LogP contribution in [0.25, 0.3) is 22.4 Å². The summed E-state index contributed by atoms with van der Waals surface area (Å²) < 4.78 is 40.8. The molecule has 0 spiro atoms. The maximum absolute atomic E-state index is 12.3. The molecule has 0 bridgehead atoms. The molecular weight excluding hydrogens is 325 g/mol. The Kier molecular flexibility index (Phi) is 3.80. The largest absolute Gasteiger partial charge is 0.573 e. The number of phenolic OH excluding ortho intramolecular Hbond substituents is 1. The number of phenols is 1. The standard InChI is InChI=1S/C16H11F3N2O3/c17-16(18,19)24-14-7-11(5-6-13(14)22)9-1-3-10(4-2-9)12-8-15(23)21-20-12/h1-8,22H,(H2,20,21,23). The number of ether oxygens (including phenoxy) is 1. The first-order valence-corrected chi connectivity index (χ1v) is 6.79. The molecule has 0 radical (unpaired) electrons. The minimum atomic E-state index is -4.89. The lowest BCUT2D eigenvalue weighted by atomic mass is 10.0. The highest BCUT2D eigenvalue weighted by Gasteiger charge is 2.32. The predicted molar refractivity (Wildman–Crippen MR) is 80.6 cm³/mol. The number of aromatic hydroxyl groups is 1. The molecule has 0 aliphatic carbocycles. The minimum Gasteiger partial charge on any atom is -0.504 e. The number of alkyl halides is 3. The number of hydrogen-bond donors (Lipinski definition) is 3. The van der Waals surface area contributed by atoms with E-state index in [-0.39, 0.29) is 5.56 Å². The Morgan fingerprint density at radius 1 is 0.875 bits per heavy atom. The van der Waals surface area contributed by atoms with Gasteiger partial charge < -0.3 is 9.84 Å². The second-order valence-electron chi connectivity index (χ2n) is 4.98. The normalized spacial score (nSPS) is 11.5. The molecule has 3 rings (SSSR count). The average molecular weight is 336 g/mol. The topological polar surface area (TPSA) is 78.1 Å². The molecule has 0 fully saturated rings. The van der Waals surface area contributed by atoms with Crippen molar-refractivity contribution in [2.24, 2.45) is 0 Å². The zero-order valence-electron chi connectivity index (χ0n) is 12.0. The molecule has 24 heavy (non-hydrogen) atoms. The van der Waals surface area contributed by atoms with Crippen LogP contribution in [-0.2, 0) is 0 Å². The Hall–Kier alpha value is -3.16. The highest BCUT2D eigenvalue weighted by atomic mass is 19.4. The van der Waals surface area contributed by atoms with E-state index in [0.717, 1.165) is 17.7 Å². The van der Waals surface area contributed by atoms with E-state index in [2.05, 4.69) is 14.9 Å². The molecule has 3 N–H and O–H groups in total. The van der Waals surface area contributed by atoms with Crippen LogP contribution in [0.1, 0.15) is 0 Å². The van der Waals surface area contributed by atoms with E-state index in [9.17, 15) is 23.1 Å². The number of nitrogens with one attached hydrogen (secondary N) is 2. The maximum Gasteiger partial charge on any atom is 0.573 e. The quantitative estimate of drug-likeness (QED) is 0.683. The monoisotopic (exact) mass is 336 g/mol.